The van der Waals surface area contributed by atoms with E-state index < -0.39 is 17.3 Å². The van der Waals surface area contributed by atoms with Gasteiger partial charge >= 0.3 is 6.18 Å². The van der Waals surface area contributed by atoms with Gasteiger partial charge in [0.15, 0.2) is 0 Å². The number of benzene rings is 1. The molecule has 0 atom stereocenters. The number of hydrogen-bond donors (Lipinski definition) is 1. The van der Waals surface area contributed by atoms with Crippen LogP contribution in [0, 0.1) is 0 Å². The lowest BCUT2D eigenvalue weighted by molar-refractivity contribution is -0.137. The quantitative estimate of drug-likeness (QED) is 0.789. The fourth-order valence-corrected chi connectivity index (χ4v) is 1.86. The Hall–Kier alpha value is -1.75. The number of hydrogen-bond acceptors (Lipinski definition) is 1. The molecule has 2 rings (SSSR count). The molecule has 0 unspecified atom stereocenters. The van der Waals surface area contributed by atoms with Crippen LogP contribution in [0.4, 0.5) is 13.2 Å². The maximum atomic E-state index is 12.8. The van der Waals surface area contributed by atoms with Gasteiger partial charge in [-0.05, 0) is 23.3 Å². The number of halogens is 4. The van der Waals surface area contributed by atoms with Crippen molar-refractivity contribution in [1.82, 2.24) is 4.98 Å². The molecule has 0 aliphatic heterocycles. The van der Waals surface area contributed by atoms with E-state index in [0.29, 0.717) is 0 Å². The highest BCUT2D eigenvalue weighted by Gasteiger charge is 2.33. The number of alkyl halides is 3. The third kappa shape index (κ3) is 2.56. The summed E-state index contributed by atoms with van der Waals surface area (Å²) in [4.78, 5) is 13.5. The minimum absolute atomic E-state index is 0.00511. The summed E-state index contributed by atoms with van der Waals surface area (Å²) >= 11 is 5.63. The van der Waals surface area contributed by atoms with Crippen LogP contribution in [0.1, 0.15) is 5.56 Å². The number of nitrogens with one attached hydrogen (secondary N) is 1. The average Bonchev–Trinajstić information content (AvgIpc) is 2.26. The van der Waals surface area contributed by atoms with Crippen LogP contribution in [0.3, 0.4) is 0 Å². The highest BCUT2D eigenvalue weighted by molar-refractivity contribution is 6.29. The average molecular weight is 274 g/mol. The van der Waals surface area contributed by atoms with Crippen LogP contribution in [-0.4, -0.2) is 4.98 Å². The second-order valence-corrected chi connectivity index (χ2v) is 4.03. The van der Waals surface area contributed by atoms with Gasteiger partial charge < -0.3 is 4.98 Å². The van der Waals surface area contributed by atoms with Gasteiger partial charge in [0.25, 0.3) is 0 Å². The molecular formula is C12H7ClF3NO. The Morgan fingerprint density at radius 2 is 1.78 bits per heavy atom. The minimum atomic E-state index is -4.48. The lowest BCUT2D eigenvalue weighted by atomic mass is 10.0. The number of rotatable bonds is 1. The van der Waals surface area contributed by atoms with Gasteiger partial charge in [0.05, 0.1) is 5.56 Å². The van der Waals surface area contributed by atoms with E-state index in [1.807, 2.05) is 0 Å². The van der Waals surface area contributed by atoms with Gasteiger partial charge in [-0.3, -0.25) is 4.79 Å². The van der Waals surface area contributed by atoms with Crippen molar-refractivity contribution in [2.24, 2.45) is 0 Å². The molecule has 0 amide bonds. The smallest absolute Gasteiger partial charge is 0.313 e. The van der Waals surface area contributed by atoms with E-state index in [1.54, 1.807) is 0 Å². The zero-order chi connectivity index (χ0) is 13.3. The Labute approximate surface area is 105 Å². The van der Waals surface area contributed by atoms with Gasteiger partial charge in [0, 0.05) is 6.07 Å². The van der Waals surface area contributed by atoms with Crippen LogP contribution in [-0.2, 0) is 6.18 Å². The molecule has 0 fully saturated rings. The zero-order valence-corrected chi connectivity index (χ0v) is 9.64. The van der Waals surface area contributed by atoms with E-state index in [4.69, 9.17) is 11.6 Å². The molecule has 0 saturated carbocycles. The Bertz CT molecular complexity index is 634. The van der Waals surface area contributed by atoms with Gasteiger partial charge in [0.2, 0.25) is 5.56 Å². The first-order valence-corrected chi connectivity index (χ1v) is 5.32. The standard InChI is InChI=1S/C12H7ClF3NO/c13-10-5-7(6-11(18)17-10)8-3-1-2-4-9(8)12(14,15)16/h1-6H,(H,17,18). The summed E-state index contributed by atoms with van der Waals surface area (Å²) < 4.78 is 38.4. The fraction of sp³-hybridized carbons (Fsp3) is 0.0833. The van der Waals surface area contributed by atoms with Crippen LogP contribution >= 0.6 is 11.6 Å². The first-order chi connectivity index (χ1) is 8.38. The molecule has 0 radical (unpaired) electrons. The molecule has 1 N–H and O–H groups in total. The van der Waals surface area contributed by atoms with Crippen molar-refractivity contribution in [3.05, 3.63) is 57.5 Å². The molecule has 0 saturated heterocycles. The molecule has 0 aliphatic rings. The number of H-pyrrole nitrogens is 1. The van der Waals surface area contributed by atoms with Crippen LogP contribution < -0.4 is 5.56 Å². The Morgan fingerprint density at radius 3 is 2.39 bits per heavy atom. The van der Waals surface area contributed by atoms with Crippen molar-refractivity contribution in [2.75, 3.05) is 0 Å². The van der Waals surface area contributed by atoms with E-state index in [2.05, 4.69) is 4.98 Å². The predicted octanol–water partition coefficient (Wildman–Crippen LogP) is 3.71. The molecule has 0 bridgehead atoms. The maximum Gasteiger partial charge on any atom is 0.417 e. The van der Waals surface area contributed by atoms with Crippen LogP contribution in [0.15, 0.2) is 41.2 Å². The summed E-state index contributed by atoms with van der Waals surface area (Å²) in [5.74, 6) is 0. The van der Waals surface area contributed by atoms with E-state index in [0.717, 1.165) is 12.1 Å². The topological polar surface area (TPSA) is 32.9 Å². The van der Waals surface area contributed by atoms with Crippen LogP contribution in [0.25, 0.3) is 11.1 Å². The molecule has 94 valence electrons. The second-order valence-electron chi connectivity index (χ2n) is 3.62. The molecule has 2 aromatic rings. The van der Waals surface area contributed by atoms with Crippen LogP contribution in [0.5, 0.6) is 0 Å². The zero-order valence-electron chi connectivity index (χ0n) is 8.88. The van der Waals surface area contributed by atoms with E-state index in [9.17, 15) is 18.0 Å². The summed E-state index contributed by atoms with van der Waals surface area (Å²) in [7, 11) is 0. The normalized spacial score (nSPS) is 11.6. The molecule has 1 heterocycles. The third-order valence-corrected chi connectivity index (χ3v) is 2.56. The second kappa shape index (κ2) is 4.49. The minimum Gasteiger partial charge on any atom is -0.313 e. The number of aromatic amines is 1. The lowest BCUT2D eigenvalue weighted by Crippen LogP contribution is -2.09. The number of aromatic nitrogens is 1. The largest absolute Gasteiger partial charge is 0.417 e. The van der Waals surface area contributed by atoms with Crippen molar-refractivity contribution >= 4 is 11.6 Å². The SMILES string of the molecule is O=c1cc(-c2ccccc2C(F)(F)F)cc(Cl)[nH]1. The van der Waals surface area contributed by atoms with Crippen molar-refractivity contribution in [3.63, 3.8) is 0 Å². The van der Waals surface area contributed by atoms with Gasteiger partial charge in [-0.1, -0.05) is 29.8 Å². The fourth-order valence-electron chi connectivity index (χ4n) is 1.65. The lowest BCUT2D eigenvalue weighted by Gasteiger charge is -2.12. The summed E-state index contributed by atoms with van der Waals surface area (Å²) in [6.07, 6.45) is -4.48. The van der Waals surface area contributed by atoms with Gasteiger partial charge in [-0.2, -0.15) is 13.2 Å². The van der Waals surface area contributed by atoms with Crippen molar-refractivity contribution in [1.29, 1.82) is 0 Å². The first kappa shape index (κ1) is 12.7. The summed E-state index contributed by atoms with van der Waals surface area (Å²) in [5, 5.41) is -0.00511. The molecule has 6 heteroatoms. The highest BCUT2D eigenvalue weighted by Crippen LogP contribution is 2.36. The molecular weight excluding hydrogens is 267 g/mol. The molecule has 0 aliphatic carbocycles. The van der Waals surface area contributed by atoms with Crippen LogP contribution in [0.2, 0.25) is 5.15 Å². The maximum absolute atomic E-state index is 12.8. The monoisotopic (exact) mass is 273 g/mol. The number of pyridine rings is 1. The molecule has 1 aromatic carbocycles. The van der Waals surface area contributed by atoms with E-state index >= 15 is 0 Å². The van der Waals surface area contributed by atoms with Gasteiger partial charge in [0.1, 0.15) is 5.15 Å². The van der Waals surface area contributed by atoms with E-state index in [-0.39, 0.29) is 16.3 Å². The van der Waals surface area contributed by atoms with E-state index in [1.165, 1.54) is 24.3 Å². The molecule has 2 nitrogen and oxygen atoms in total. The van der Waals surface area contributed by atoms with Gasteiger partial charge in [-0.25, -0.2) is 0 Å². The Balaban J connectivity index is 2.68. The molecule has 1 aromatic heterocycles. The summed E-state index contributed by atoms with van der Waals surface area (Å²) in [5.41, 5.74) is -1.28. The molecule has 0 spiro atoms. The highest BCUT2D eigenvalue weighted by atomic mass is 35.5. The third-order valence-electron chi connectivity index (χ3n) is 2.35. The van der Waals surface area contributed by atoms with Crippen molar-refractivity contribution in [2.45, 2.75) is 6.18 Å². The van der Waals surface area contributed by atoms with Crippen molar-refractivity contribution in [3.8, 4) is 11.1 Å². The van der Waals surface area contributed by atoms with Gasteiger partial charge in [-0.15, -0.1) is 0 Å². The Kier molecular flexibility index (Phi) is 3.17. The summed E-state index contributed by atoms with van der Waals surface area (Å²) in [6.45, 7) is 0. The summed E-state index contributed by atoms with van der Waals surface area (Å²) in [6, 6.07) is 7.39. The predicted molar refractivity (Wildman–Crippen MR) is 62.5 cm³/mol. The van der Waals surface area contributed by atoms with Crippen molar-refractivity contribution < 1.29 is 13.2 Å². The first-order valence-electron chi connectivity index (χ1n) is 4.94. The Morgan fingerprint density at radius 1 is 1.11 bits per heavy atom. The molecule has 18 heavy (non-hydrogen) atoms.